The Bertz CT molecular complexity index is 1260. The minimum Gasteiger partial charge on any atom is -0.207 e. The Morgan fingerprint density at radius 2 is 1.29 bits per heavy atom. The molecule has 4 rings (SSSR count). The molecule has 3 aromatic rings. The van der Waals surface area contributed by atoms with Crippen LogP contribution in [0.5, 0.6) is 0 Å². The summed E-state index contributed by atoms with van der Waals surface area (Å²) in [6.45, 7) is 8.53. The number of halogens is 1. The largest absolute Gasteiger partial charge is 0.207 e. The van der Waals surface area contributed by atoms with Gasteiger partial charge in [-0.1, -0.05) is 67.2 Å². The fraction of sp³-hybridized carbons (Fsp3) is 0.333. The second kappa shape index (κ2) is 10.8. The van der Waals surface area contributed by atoms with E-state index in [-0.39, 0.29) is 5.82 Å². The van der Waals surface area contributed by atoms with Gasteiger partial charge in [-0.15, -0.1) is 0 Å². The Balaban J connectivity index is 1.47. The van der Waals surface area contributed by atoms with Crippen molar-refractivity contribution >= 4 is 0 Å². The summed E-state index contributed by atoms with van der Waals surface area (Å²) < 4.78 is 14.8. The molecule has 1 heteroatoms. The number of hydrogen-bond donors (Lipinski definition) is 0. The summed E-state index contributed by atoms with van der Waals surface area (Å²) in [7, 11) is 0. The third-order valence-corrected chi connectivity index (χ3v) is 6.96. The standard InChI is InChI=1S/C33H33F/c1-23-5-9-27(10-6-23)16-18-32-25(3)19-30(20-26(32)4)14-13-29-15-17-31(33(34)22-29)21-28-11-7-24(2)8-12-28/h5-6,9-10,15,17,19-20,22,24,28H,7-8,11-12,21H2,1-4H3. The Morgan fingerprint density at radius 3 is 1.94 bits per heavy atom. The van der Waals surface area contributed by atoms with Crippen LogP contribution in [0.15, 0.2) is 54.6 Å². The summed E-state index contributed by atoms with van der Waals surface area (Å²) in [5.41, 5.74) is 7.96. The van der Waals surface area contributed by atoms with E-state index in [4.69, 9.17) is 0 Å². The fourth-order valence-corrected chi connectivity index (χ4v) is 4.78. The van der Waals surface area contributed by atoms with Crippen LogP contribution >= 0.6 is 0 Å². The summed E-state index contributed by atoms with van der Waals surface area (Å²) in [5.74, 6) is 14.3. The predicted octanol–water partition coefficient (Wildman–Crippen LogP) is 7.92. The average molecular weight is 449 g/mol. The second-order valence-corrected chi connectivity index (χ2v) is 9.99. The zero-order valence-electron chi connectivity index (χ0n) is 20.8. The first-order valence-corrected chi connectivity index (χ1v) is 12.4. The molecule has 0 unspecified atom stereocenters. The van der Waals surface area contributed by atoms with Gasteiger partial charge >= 0.3 is 0 Å². The van der Waals surface area contributed by atoms with E-state index >= 15 is 0 Å². The Hall–Kier alpha value is -3.29. The molecule has 0 atom stereocenters. The maximum absolute atomic E-state index is 14.8. The van der Waals surface area contributed by atoms with Crippen LogP contribution in [-0.4, -0.2) is 0 Å². The van der Waals surface area contributed by atoms with E-state index in [1.165, 1.54) is 31.2 Å². The van der Waals surface area contributed by atoms with E-state index < -0.39 is 0 Å². The third-order valence-electron chi connectivity index (χ3n) is 6.96. The average Bonchev–Trinajstić information content (AvgIpc) is 2.81. The van der Waals surface area contributed by atoms with Gasteiger partial charge in [0.1, 0.15) is 5.82 Å². The normalized spacial score (nSPS) is 17.3. The van der Waals surface area contributed by atoms with E-state index in [1.807, 2.05) is 24.3 Å². The van der Waals surface area contributed by atoms with E-state index in [0.29, 0.717) is 5.92 Å². The van der Waals surface area contributed by atoms with Crippen LogP contribution in [-0.2, 0) is 6.42 Å². The first-order chi connectivity index (χ1) is 16.4. The molecule has 0 saturated heterocycles. The van der Waals surface area contributed by atoms with Gasteiger partial charge in [-0.05, 0) is 105 Å². The quantitative estimate of drug-likeness (QED) is 0.349. The number of aryl methyl sites for hydroxylation is 3. The Kier molecular flexibility index (Phi) is 7.55. The molecule has 0 aromatic heterocycles. The van der Waals surface area contributed by atoms with E-state index in [0.717, 1.165) is 51.3 Å². The van der Waals surface area contributed by atoms with Crippen molar-refractivity contribution in [3.63, 3.8) is 0 Å². The lowest BCUT2D eigenvalue weighted by Gasteiger charge is -2.26. The number of benzene rings is 3. The van der Waals surface area contributed by atoms with Crippen molar-refractivity contribution < 1.29 is 4.39 Å². The molecule has 0 N–H and O–H groups in total. The van der Waals surface area contributed by atoms with E-state index in [2.05, 4.69) is 75.6 Å². The second-order valence-electron chi connectivity index (χ2n) is 9.99. The van der Waals surface area contributed by atoms with Crippen LogP contribution in [0, 0.1) is 62.1 Å². The highest BCUT2D eigenvalue weighted by atomic mass is 19.1. The molecule has 172 valence electrons. The first-order valence-electron chi connectivity index (χ1n) is 12.4. The molecular weight excluding hydrogens is 415 g/mol. The van der Waals surface area contributed by atoms with Gasteiger partial charge in [0.25, 0.3) is 0 Å². The molecular formula is C33H33F. The molecule has 0 bridgehead atoms. The lowest BCUT2D eigenvalue weighted by atomic mass is 9.80. The number of hydrogen-bond acceptors (Lipinski definition) is 0. The van der Waals surface area contributed by atoms with Gasteiger partial charge in [0.05, 0.1) is 0 Å². The molecule has 0 aliphatic heterocycles. The molecule has 1 fully saturated rings. The van der Waals surface area contributed by atoms with Crippen LogP contribution in [0.1, 0.15) is 77.1 Å². The van der Waals surface area contributed by atoms with Gasteiger partial charge in [-0.3, -0.25) is 0 Å². The van der Waals surface area contributed by atoms with Gasteiger partial charge in [0.2, 0.25) is 0 Å². The van der Waals surface area contributed by atoms with Gasteiger partial charge in [0.15, 0.2) is 0 Å². The number of rotatable bonds is 2. The predicted molar refractivity (Wildman–Crippen MR) is 140 cm³/mol. The Morgan fingerprint density at radius 1 is 0.706 bits per heavy atom. The lowest BCUT2D eigenvalue weighted by Crippen LogP contribution is -2.15. The molecule has 3 aromatic carbocycles. The van der Waals surface area contributed by atoms with Crippen LogP contribution in [0.4, 0.5) is 4.39 Å². The lowest BCUT2D eigenvalue weighted by molar-refractivity contribution is 0.287. The minimum atomic E-state index is -0.125. The highest BCUT2D eigenvalue weighted by Crippen LogP contribution is 2.31. The summed E-state index contributed by atoms with van der Waals surface area (Å²) in [6, 6.07) is 17.9. The van der Waals surface area contributed by atoms with E-state index in [9.17, 15) is 4.39 Å². The maximum Gasteiger partial charge on any atom is 0.127 e. The minimum absolute atomic E-state index is 0.125. The topological polar surface area (TPSA) is 0 Å². The van der Waals surface area contributed by atoms with Crippen LogP contribution < -0.4 is 0 Å². The van der Waals surface area contributed by atoms with Gasteiger partial charge in [0, 0.05) is 22.3 Å². The summed E-state index contributed by atoms with van der Waals surface area (Å²) in [4.78, 5) is 0. The van der Waals surface area contributed by atoms with Crippen molar-refractivity contribution in [1.82, 2.24) is 0 Å². The van der Waals surface area contributed by atoms with Gasteiger partial charge < -0.3 is 0 Å². The summed E-state index contributed by atoms with van der Waals surface area (Å²) >= 11 is 0. The highest BCUT2D eigenvalue weighted by Gasteiger charge is 2.19. The van der Waals surface area contributed by atoms with E-state index in [1.54, 1.807) is 6.07 Å². The van der Waals surface area contributed by atoms with Crippen molar-refractivity contribution in [2.24, 2.45) is 11.8 Å². The van der Waals surface area contributed by atoms with Gasteiger partial charge in [-0.2, -0.15) is 0 Å². The summed E-state index contributed by atoms with van der Waals surface area (Å²) in [5, 5.41) is 0. The molecule has 0 radical (unpaired) electrons. The molecule has 0 nitrogen and oxygen atoms in total. The molecule has 1 aliphatic carbocycles. The SMILES string of the molecule is Cc1ccc(C#Cc2c(C)cc(C#Cc3ccc(CC4CCC(C)CC4)c(F)c3)cc2C)cc1. The zero-order valence-corrected chi connectivity index (χ0v) is 20.8. The molecule has 0 spiro atoms. The van der Waals surface area contributed by atoms with Crippen LogP contribution in [0.3, 0.4) is 0 Å². The smallest absolute Gasteiger partial charge is 0.127 e. The summed E-state index contributed by atoms with van der Waals surface area (Å²) in [6.07, 6.45) is 5.81. The van der Waals surface area contributed by atoms with Crippen molar-refractivity contribution in [3.8, 4) is 23.7 Å². The van der Waals surface area contributed by atoms with Crippen LogP contribution in [0.2, 0.25) is 0 Å². The Labute approximate surface area is 204 Å². The fourth-order valence-electron chi connectivity index (χ4n) is 4.78. The van der Waals surface area contributed by atoms with Crippen LogP contribution in [0.25, 0.3) is 0 Å². The molecule has 1 saturated carbocycles. The first kappa shape index (κ1) is 23.9. The highest BCUT2D eigenvalue weighted by molar-refractivity contribution is 5.55. The van der Waals surface area contributed by atoms with Gasteiger partial charge in [-0.25, -0.2) is 4.39 Å². The van der Waals surface area contributed by atoms with Crippen molar-refractivity contribution in [1.29, 1.82) is 0 Å². The maximum atomic E-state index is 14.8. The molecule has 0 heterocycles. The van der Waals surface area contributed by atoms with Crippen molar-refractivity contribution in [2.75, 3.05) is 0 Å². The zero-order chi connectivity index (χ0) is 24.1. The molecule has 34 heavy (non-hydrogen) atoms. The van der Waals surface area contributed by atoms with Crippen molar-refractivity contribution in [3.05, 3.63) is 105 Å². The third kappa shape index (κ3) is 6.18. The molecule has 1 aliphatic rings. The monoisotopic (exact) mass is 448 g/mol. The molecule has 0 amide bonds. The van der Waals surface area contributed by atoms with Crippen molar-refractivity contribution in [2.45, 2.75) is 59.8 Å².